The van der Waals surface area contributed by atoms with Crippen molar-refractivity contribution in [3.05, 3.63) is 59.4 Å². The van der Waals surface area contributed by atoms with Gasteiger partial charge in [-0.1, -0.05) is 41.6 Å². The van der Waals surface area contributed by atoms with Crippen LogP contribution in [-0.4, -0.2) is 39.1 Å². The molecule has 32 heavy (non-hydrogen) atoms. The standard InChI is InChI=1S/C21H18N6O4S/c28-16(23-11-17-25-18(27-31-17)13-5-2-1-3-6-13)9-8-14-12-32-21(24-14)26-20(30)15-7-4-10-22-19(15)29/h1-7,10,12,15H,8-9,11H2,(H,23,28)(H,24,26,30). The number of carbonyl (C=O) groups is 3. The number of benzene rings is 1. The number of thiazole rings is 1. The summed E-state index contributed by atoms with van der Waals surface area (Å²) >= 11 is 1.22. The van der Waals surface area contributed by atoms with E-state index in [0.29, 0.717) is 29.0 Å². The zero-order valence-electron chi connectivity index (χ0n) is 16.7. The lowest BCUT2D eigenvalue weighted by atomic mass is 10.1. The highest BCUT2D eigenvalue weighted by Crippen LogP contribution is 2.19. The molecule has 11 heteroatoms. The minimum absolute atomic E-state index is 0.127. The Morgan fingerprint density at radius 2 is 2.00 bits per heavy atom. The lowest BCUT2D eigenvalue weighted by molar-refractivity contribution is -0.128. The van der Waals surface area contributed by atoms with Crippen molar-refractivity contribution in [3.63, 3.8) is 0 Å². The Bertz CT molecular complexity index is 1180. The average molecular weight is 450 g/mol. The van der Waals surface area contributed by atoms with Gasteiger partial charge >= 0.3 is 0 Å². The minimum atomic E-state index is -0.953. The van der Waals surface area contributed by atoms with E-state index < -0.39 is 17.7 Å². The van der Waals surface area contributed by atoms with Crippen LogP contribution in [0.1, 0.15) is 18.0 Å². The van der Waals surface area contributed by atoms with E-state index in [1.165, 1.54) is 23.6 Å². The van der Waals surface area contributed by atoms with E-state index in [0.717, 1.165) is 5.56 Å². The lowest BCUT2D eigenvalue weighted by Crippen LogP contribution is -2.28. The summed E-state index contributed by atoms with van der Waals surface area (Å²) < 4.78 is 5.17. The number of allylic oxidation sites excluding steroid dienone is 1. The zero-order valence-corrected chi connectivity index (χ0v) is 17.5. The molecule has 0 aliphatic carbocycles. The molecule has 1 unspecified atom stereocenters. The average Bonchev–Trinajstić information content (AvgIpc) is 3.47. The van der Waals surface area contributed by atoms with Crippen molar-refractivity contribution in [1.82, 2.24) is 20.4 Å². The Morgan fingerprint density at radius 3 is 2.81 bits per heavy atom. The Kier molecular flexibility index (Phi) is 6.56. The maximum atomic E-state index is 12.2. The largest absolute Gasteiger partial charge is 0.347 e. The predicted octanol–water partition coefficient (Wildman–Crippen LogP) is 2.16. The highest BCUT2D eigenvalue weighted by molar-refractivity contribution is 7.13. The summed E-state index contributed by atoms with van der Waals surface area (Å²) in [6.45, 7) is 0.127. The third kappa shape index (κ3) is 5.38. The molecular formula is C21H18N6O4S. The van der Waals surface area contributed by atoms with Crippen molar-refractivity contribution in [1.29, 1.82) is 0 Å². The number of carbonyl (C=O) groups excluding carboxylic acids is 3. The number of nitrogens with one attached hydrogen (secondary N) is 2. The first-order valence-electron chi connectivity index (χ1n) is 9.73. The van der Waals surface area contributed by atoms with Crippen LogP contribution in [0.25, 0.3) is 11.4 Å². The summed E-state index contributed by atoms with van der Waals surface area (Å²) in [6.07, 6.45) is 4.97. The number of anilines is 1. The van der Waals surface area contributed by atoms with Crippen molar-refractivity contribution < 1.29 is 18.9 Å². The number of hydrogen-bond acceptors (Lipinski definition) is 8. The Morgan fingerprint density at radius 1 is 1.16 bits per heavy atom. The van der Waals surface area contributed by atoms with Crippen LogP contribution < -0.4 is 10.6 Å². The van der Waals surface area contributed by atoms with Crippen LogP contribution in [0.3, 0.4) is 0 Å². The molecule has 0 radical (unpaired) electrons. The van der Waals surface area contributed by atoms with E-state index in [-0.39, 0.29) is 18.9 Å². The van der Waals surface area contributed by atoms with Gasteiger partial charge in [-0.2, -0.15) is 4.98 Å². The summed E-state index contributed by atoms with van der Waals surface area (Å²) in [5, 5.41) is 11.4. The molecule has 2 aromatic heterocycles. The second-order valence-corrected chi connectivity index (χ2v) is 7.62. The van der Waals surface area contributed by atoms with Crippen molar-refractivity contribution >= 4 is 40.4 Å². The Hall–Kier alpha value is -3.99. The van der Waals surface area contributed by atoms with Crippen LogP contribution in [0, 0.1) is 5.92 Å². The molecular weight excluding hydrogens is 432 g/mol. The molecule has 1 aliphatic heterocycles. The smallest absolute Gasteiger partial charge is 0.262 e. The third-order valence-electron chi connectivity index (χ3n) is 4.47. The first-order valence-corrected chi connectivity index (χ1v) is 10.6. The monoisotopic (exact) mass is 450 g/mol. The summed E-state index contributed by atoms with van der Waals surface area (Å²) in [6, 6.07) is 9.39. The van der Waals surface area contributed by atoms with Gasteiger partial charge in [-0.25, -0.2) is 9.98 Å². The molecule has 4 rings (SSSR count). The molecule has 0 spiro atoms. The van der Waals surface area contributed by atoms with Crippen molar-refractivity contribution in [2.75, 3.05) is 5.32 Å². The second kappa shape index (κ2) is 9.88. The number of dihydropyridines is 1. The fraction of sp³-hybridized carbons (Fsp3) is 0.190. The quantitative estimate of drug-likeness (QED) is 0.501. The first kappa shape index (κ1) is 21.2. The topological polar surface area (TPSA) is 139 Å². The highest BCUT2D eigenvalue weighted by atomic mass is 32.1. The minimum Gasteiger partial charge on any atom is -0.347 e. The number of aromatic nitrogens is 3. The van der Waals surface area contributed by atoms with E-state index in [9.17, 15) is 14.4 Å². The van der Waals surface area contributed by atoms with Gasteiger partial charge in [0.15, 0.2) is 5.13 Å². The number of aliphatic imine (C=N–C) groups is 1. The summed E-state index contributed by atoms with van der Waals surface area (Å²) in [5.41, 5.74) is 1.49. The fourth-order valence-corrected chi connectivity index (χ4v) is 3.58. The number of aryl methyl sites for hydroxylation is 1. The molecule has 1 aromatic carbocycles. The van der Waals surface area contributed by atoms with Crippen LogP contribution in [0.2, 0.25) is 0 Å². The maximum Gasteiger partial charge on any atom is 0.262 e. The van der Waals surface area contributed by atoms with E-state index in [4.69, 9.17) is 4.52 Å². The van der Waals surface area contributed by atoms with E-state index in [2.05, 4.69) is 30.8 Å². The van der Waals surface area contributed by atoms with Gasteiger partial charge in [0.05, 0.1) is 12.2 Å². The highest BCUT2D eigenvalue weighted by Gasteiger charge is 2.25. The van der Waals surface area contributed by atoms with Crippen LogP contribution in [0.5, 0.6) is 0 Å². The Balaban J connectivity index is 1.22. The molecule has 2 N–H and O–H groups in total. The number of amides is 3. The number of hydrogen-bond donors (Lipinski definition) is 2. The SMILES string of the molecule is O=C(CCc1csc(NC(=O)C2C=CC=NC2=O)n1)NCc1nc(-c2ccccc2)no1. The van der Waals surface area contributed by atoms with Crippen molar-refractivity contribution in [2.45, 2.75) is 19.4 Å². The van der Waals surface area contributed by atoms with Crippen LogP contribution in [0.4, 0.5) is 5.13 Å². The molecule has 0 fully saturated rings. The van der Waals surface area contributed by atoms with Crippen molar-refractivity contribution in [3.8, 4) is 11.4 Å². The van der Waals surface area contributed by atoms with E-state index in [1.807, 2.05) is 30.3 Å². The van der Waals surface area contributed by atoms with Gasteiger partial charge in [-0.15, -0.1) is 11.3 Å². The van der Waals surface area contributed by atoms with Gasteiger partial charge in [-0.3, -0.25) is 14.4 Å². The fourth-order valence-electron chi connectivity index (χ4n) is 2.84. The molecule has 0 bridgehead atoms. The molecule has 10 nitrogen and oxygen atoms in total. The normalized spacial score (nSPS) is 15.0. The predicted molar refractivity (Wildman–Crippen MR) is 117 cm³/mol. The molecule has 0 saturated heterocycles. The second-order valence-electron chi connectivity index (χ2n) is 6.77. The zero-order chi connectivity index (χ0) is 22.3. The molecule has 1 atom stereocenters. The van der Waals surface area contributed by atoms with Gasteiger partial charge in [0, 0.05) is 23.6 Å². The summed E-state index contributed by atoms with van der Waals surface area (Å²) in [4.78, 5) is 48.1. The number of nitrogens with zero attached hydrogens (tertiary/aromatic N) is 4. The van der Waals surface area contributed by atoms with Crippen LogP contribution >= 0.6 is 11.3 Å². The van der Waals surface area contributed by atoms with Gasteiger partial charge < -0.3 is 15.2 Å². The van der Waals surface area contributed by atoms with Gasteiger partial charge in [0.2, 0.25) is 23.5 Å². The van der Waals surface area contributed by atoms with Gasteiger partial charge in [0.1, 0.15) is 5.92 Å². The van der Waals surface area contributed by atoms with E-state index in [1.54, 1.807) is 11.5 Å². The van der Waals surface area contributed by atoms with E-state index >= 15 is 0 Å². The molecule has 0 saturated carbocycles. The Labute approximate surface area is 186 Å². The molecule has 162 valence electrons. The molecule has 1 aliphatic rings. The molecule has 3 heterocycles. The van der Waals surface area contributed by atoms with Gasteiger partial charge in [0.25, 0.3) is 5.91 Å². The van der Waals surface area contributed by atoms with Crippen LogP contribution in [-0.2, 0) is 27.3 Å². The number of rotatable bonds is 8. The summed E-state index contributed by atoms with van der Waals surface area (Å²) in [5.74, 6) is -1.38. The lowest BCUT2D eigenvalue weighted by Gasteiger charge is -2.09. The van der Waals surface area contributed by atoms with Crippen molar-refractivity contribution in [2.24, 2.45) is 10.9 Å². The first-order chi connectivity index (χ1) is 15.6. The maximum absolute atomic E-state index is 12.2. The third-order valence-corrected chi connectivity index (χ3v) is 5.27. The van der Waals surface area contributed by atoms with Gasteiger partial charge in [-0.05, 0) is 12.5 Å². The molecule has 3 amide bonds. The summed E-state index contributed by atoms with van der Waals surface area (Å²) in [7, 11) is 0. The van der Waals surface area contributed by atoms with Crippen LogP contribution in [0.15, 0.2) is 57.4 Å². The molecule has 3 aromatic rings.